The number of aliphatic hydroxyl groups is 1. The lowest BCUT2D eigenvalue weighted by molar-refractivity contribution is -0.145. The van der Waals surface area contributed by atoms with Crippen molar-refractivity contribution < 1.29 is 41.4 Å². The van der Waals surface area contributed by atoms with E-state index < -0.39 is 59.3 Å². The number of rotatable bonds is 7. The van der Waals surface area contributed by atoms with E-state index in [1.165, 1.54) is 12.1 Å². The van der Waals surface area contributed by atoms with Crippen LogP contribution in [0.4, 0.5) is 49.6 Å². The summed E-state index contributed by atoms with van der Waals surface area (Å²) in [6.45, 7) is -1.18. The highest BCUT2D eigenvalue weighted by Crippen LogP contribution is 2.33. The van der Waals surface area contributed by atoms with Gasteiger partial charge in [0.15, 0.2) is 11.4 Å². The maximum absolute atomic E-state index is 13.0. The van der Waals surface area contributed by atoms with Crippen LogP contribution in [0.3, 0.4) is 0 Å². The van der Waals surface area contributed by atoms with E-state index in [1.54, 1.807) is 0 Å². The van der Waals surface area contributed by atoms with Gasteiger partial charge in [-0.3, -0.25) is 0 Å². The number of carboxylic acids is 1. The highest BCUT2D eigenvalue weighted by atomic mass is 19.4. The van der Waals surface area contributed by atoms with E-state index in [-0.39, 0.29) is 11.4 Å². The Morgan fingerprint density at radius 1 is 0.829 bits per heavy atom. The van der Waals surface area contributed by atoms with Crippen LogP contribution in [0.25, 0.3) is 0 Å². The van der Waals surface area contributed by atoms with Gasteiger partial charge < -0.3 is 26.6 Å². The largest absolute Gasteiger partial charge is 0.479 e. The minimum Gasteiger partial charge on any atom is -0.479 e. The number of nitrogens with zero attached hydrogens (tertiary/aromatic N) is 3. The Hall–Kier alpha value is -3.98. The standard InChI is InChI=1S/C20H16F6N6O3/c21-19(22,23)10-3-1-5-12(7-10)28-16-30-14(18(27,9-33)15(34)35)31-17(32-16)29-13-6-2-4-11(8-13)20(24,25)26/h1-8,33H,9,27H2,(H,34,35)(H2,28,29,30,31,32). The first kappa shape index (κ1) is 25.6. The lowest BCUT2D eigenvalue weighted by Gasteiger charge is -2.21. The minimum atomic E-state index is -4.66. The number of benzene rings is 2. The molecule has 0 saturated carbocycles. The number of hydrogen-bond acceptors (Lipinski definition) is 8. The molecule has 0 aliphatic carbocycles. The van der Waals surface area contributed by atoms with Crippen LogP contribution in [0, 0.1) is 0 Å². The van der Waals surface area contributed by atoms with Crippen molar-refractivity contribution in [3.8, 4) is 0 Å². The highest BCUT2D eigenvalue weighted by Gasteiger charge is 2.40. The first-order chi connectivity index (χ1) is 16.2. The van der Waals surface area contributed by atoms with Crippen LogP contribution in [0.15, 0.2) is 48.5 Å². The Kier molecular flexibility index (Phi) is 6.84. The zero-order valence-corrected chi connectivity index (χ0v) is 17.3. The molecule has 186 valence electrons. The van der Waals surface area contributed by atoms with Crippen molar-refractivity contribution in [2.75, 3.05) is 17.2 Å². The Labute approximate surface area is 192 Å². The van der Waals surface area contributed by atoms with Crippen LogP contribution in [0.1, 0.15) is 17.0 Å². The van der Waals surface area contributed by atoms with Crippen LogP contribution < -0.4 is 16.4 Å². The monoisotopic (exact) mass is 502 g/mol. The topological polar surface area (TPSA) is 146 Å². The van der Waals surface area contributed by atoms with Gasteiger partial charge in [-0.15, -0.1) is 0 Å². The normalized spacial score (nSPS) is 13.7. The molecule has 2 aromatic carbocycles. The molecule has 1 heterocycles. The fourth-order valence-electron chi connectivity index (χ4n) is 2.73. The summed E-state index contributed by atoms with van der Waals surface area (Å²) in [5, 5.41) is 23.8. The van der Waals surface area contributed by atoms with Gasteiger partial charge in [0, 0.05) is 11.4 Å². The first-order valence-electron chi connectivity index (χ1n) is 9.50. The van der Waals surface area contributed by atoms with E-state index >= 15 is 0 Å². The third kappa shape index (κ3) is 5.93. The smallest absolute Gasteiger partial charge is 0.416 e. The molecule has 6 N–H and O–H groups in total. The zero-order valence-electron chi connectivity index (χ0n) is 17.3. The number of halogens is 6. The molecule has 9 nitrogen and oxygen atoms in total. The summed E-state index contributed by atoms with van der Waals surface area (Å²) in [5.41, 5.74) is 0.824. The Morgan fingerprint density at radius 3 is 1.60 bits per heavy atom. The van der Waals surface area contributed by atoms with Crippen LogP contribution in [-0.4, -0.2) is 37.7 Å². The van der Waals surface area contributed by atoms with E-state index in [0.29, 0.717) is 0 Å². The Morgan fingerprint density at radius 2 is 1.26 bits per heavy atom. The van der Waals surface area contributed by atoms with Gasteiger partial charge in [0.05, 0.1) is 17.7 Å². The molecule has 15 heteroatoms. The maximum Gasteiger partial charge on any atom is 0.416 e. The summed E-state index contributed by atoms with van der Waals surface area (Å²) in [6.07, 6.45) is -9.32. The third-order valence-corrected chi connectivity index (χ3v) is 4.56. The number of nitrogens with two attached hydrogens (primary N) is 1. The van der Waals surface area contributed by atoms with Crippen LogP contribution in [0.2, 0.25) is 0 Å². The fourth-order valence-corrected chi connectivity index (χ4v) is 2.73. The van der Waals surface area contributed by atoms with E-state index in [9.17, 15) is 41.4 Å². The molecule has 0 amide bonds. The number of aliphatic hydroxyl groups excluding tert-OH is 1. The van der Waals surface area contributed by atoms with Gasteiger partial charge in [-0.1, -0.05) is 12.1 Å². The number of alkyl halides is 6. The van der Waals surface area contributed by atoms with Crippen molar-refractivity contribution in [1.82, 2.24) is 15.0 Å². The van der Waals surface area contributed by atoms with E-state index in [4.69, 9.17) is 5.73 Å². The molecule has 0 aliphatic rings. The number of aliphatic carboxylic acids is 1. The first-order valence-corrected chi connectivity index (χ1v) is 9.50. The van der Waals surface area contributed by atoms with E-state index in [2.05, 4.69) is 25.6 Å². The summed E-state index contributed by atoms with van der Waals surface area (Å²) in [4.78, 5) is 23.1. The predicted octanol–water partition coefficient (Wildman–Crippen LogP) is 3.63. The number of carbonyl (C=O) groups is 1. The second kappa shape index (κ2) is 9.34. The van der Waals surface area contributed by atoms with E-state index in [1.807, 2.05) is 0 Å². The van der Waals surface area contributed by atoms with Gasteiger partial charge >= 0.3 is 18.3 Å². The molecular formula is C20H16F6N6O3. The molecule has 0 aliphatic heterocycles. The predicted molar refractivity (Wildman–Crippen MR) is 110 cm³/mol. The summed E-state index contributed by atoms with van der Waals surface area (Å²) in [6, 6.07) is 7.72. The Balaban J connectivity index is 2.06. The number of aromatic nitrogens is 3. The van der Waals surface area contributed by atoms with Crippen LogP contribution >= 0.6 is 0 Å². The molecule has 0 bridgehead atoms. The molecule has 1 atom stereocenters. The van der Waals surface area contributed by atoms with E-state index in [0.717, 1.165) is 36.4 Å². The summed E-state index contributed by atoms with van der Waals surface area (Å²) < 4.78 is 78.1. The van der Waals surface area contributed by atoms with Crippen molar-refractivity contribution in [2.24, 2.45) is 5.73 Å². The second-order valence-electron chi connectivity index (χ2n) is 7.15. The van der Waals surface area contributed by atoms with Gasteiger partial charge in [0.25, 0.3) is 0 Å². The van der Waals surface area contributed by atoms with Crippen molar-refractivity contribution >= 4 is 29.2 Å². The number of nitrogens with one attached hydrogen (secondary N) is 2. The average Bonchev–Trinajstić information content (AvgIpc) is 2.77. The summed E-state index contributed by atoms with van der Waals surface area (Å²) in [7, 11) is 0. The van der Waals surface area contributed by atoms with Crippen LogP contribution in [-0.2, 0) is 22.7 Å². The molecular weight excluding hydrogens is 486 g/mol. The zero-order chi connectivity index (χ0) is 26.0. The maximum atomic E-state index is 13.0. The van der Waals surface area contributed by atoms with Gasteiger partial charge in [0.2, 0.25) is 11.9 Å². The van der Waals surface area contributed by atoms with Crippen LogP contribution in [0.5, 0.6) is 0 Å². The molecule has 0 radical (unpaired) electrons. The highest BCUT2D eigenvalue weighted by molar-refractivity contribution is 5.79. The van der Waals surface area contributed by atoms with Gasteiger partial charge in [-0.05, 0) is 36.4 Å². The van der Waals surface area contributed by atoms with Crippen molar-refractivity contribution in [2.45, 2.75) is 17.9 Å². The average molecular weight is 502 g/mol. The van der Waals surface area contributed by atoms with Gasteiger partial charge in [-0.25, -0.2) is 4.79 Å². The minimum absolute atomic E-state index is 0.149. The van der Waals surface area contributed by atoms with Crippen molar-refractivity contribution in [3.05, 3.63) is 65.5 Å². The lowest BCUT2D eigenvalue weighted by atomic mass is 10.0. The number of anilines is 4. The van der Waals surface area contributed by atoms with Crippen molar-refractivity contribution in [1.29, 1.82) is 0 Å². The fraction of sp³-hybridized carbons (Fsp3) is 0.200. The molecule has 3 rings (SSSR count). The summed E-state index contributed by atoms with van der Waals surface area (Å²) >= 11 is 0. The quantitative estimate of drug-likeness (QED) is 0.306. The number of hydrogen-bond donors (Lipinski definition) is 5. The molecule has 1 aromatic heterocycles. The van der Waals surface area contributed by atoms with Gasteiger partial charge in [-0.2, -0.15) is 41.3 Å². The molecule has 0 saturated heterocycles. The molecule has 0 spiro atoms. The molecule has 3 aromatic rings. The summed E-state index contributed by atoms with van der Waals surface area (Å²) in [5.74, 6) is -3.45. The molecule has 35 heavy (non-hydrogen) atoms. The molecule has 0 fully saturated rings. The molecule has 1 unspecified atom stereocenters. The Bertz CT molecular complexity index is 1160. The SMILES string of the molecule is NC(CO)(C(=O)O)c1nc(Nc2cccc(C(F)(F)F)c2)nc(Nc2cccc(C(F)(F)F)c2)n1. The lowest BCUT2D eigenvalue weighted by Crippen LogP contribution is -2.49. The number of carboxylic acid groups (broad SMARTS) is 1. The third-order valence-electron chi connectivity index (χ3n) is 4.56. The van der Waals surface area contributed by atoms with Crippen molar-refractivity contribution in [3.63, 3.8) is 0 Å². The van der Waals surface area contributed by atoms with Gasteiger partial charge in [0.1, 0.15) is 0 Å². The second-order valence-corrected chi connectivity index (χ2v) is 7.15.